The molecule has 0 bridgehead atoms. The van der Waals surface area contributed by atoms with Gasteiger partial charge in [0.25, 0.3) is 10.1 Å². The lowest BCUT2D eigenvalue weighted by molar-refractivity contribution is 0.126. The molecule has 1 aromatic rings. The molecular formula is C9H13NO4S. The third-order valence-electron chi connectivity index (χ3n) is 1.63. The fourth-order valence-corrected chi connectivity index (χ4v) is 1.87. The topological polar surface area (TPSA) is 89.6 Å². The van der Waals surface area contributed by atoms with E-state index < -0.39 is 16.2 Å². The number of hydrogen-bond donors (Lipinski definition) is 2. The van der Waals surface area contributed by atoms with Crippen LogP contribution in [0.2, 0.25) is 0 Å². The van der Waals surface area contributed by atoms with Crippen LogP contribution in [0.25, 0.3) is 0 Å². The molecule has 5 nitrogen and oxygen atoms in total. The standard InChI is InChI=1S/C9H13NO4S/c1-7(11)6-14-15(12,13)9-4-2-8(10)3-5-9/h2-5,7,11H,6,10H2,1H3. The van der Waals surface area contributed by atoms with Crippen molar-refractivity contribution in [2.45, 2.75) is 17.9 Å². The summed E-state index contributed by atoms with van der Waals surface area (Å²) in [5.74, 6) is 0. The minimum atomic E-state index is -3.79. The van der Waals surface area contributed by atoms with Crippen LogP contribution in [0, 0.1) is 0 Å². The summed E-state index contributed by atoms with van der Waals surface area (Å²) in [7, 11) is -3.79. The summed E-state index contributed by atoms with van der Waals surface area (Å²) in [5.41, 5.74) is 5.89. The van der Waals surface area contributed by atoms with Crippen LogP contribution in [0.1, 0.15) is 6.92 Å². The van der Waals surface area contributed by atoms with E-state index in [9.17, 15) is 8.42 Å². The van der Waals surface area contributed by atoms with Crippen LogP contribution in [0.5, 0.6) is 0 Å². The van der Waals surface area contributed by atoms with Gasteiger partial charge in [0.15, 0.2) is 0 Å². The van der Waals surface area contributed by atoms with E-state index in [0.29, 0.717) is 5.69 Å². The minimum absolute atomic E-state index is 0.0253. The van der Waals surface area contributed by atoms with E-state index >= 15 is 0 Å². The zero-order valence-corrected chi connectivity index (χ0v) is 9.07. The van der Waals surface area contributed by atoms with Crippen molar-refractivity contribution in [1.82, 2.24) is 0 Å². The maximum atomic E-state index is 11.5. The van der Waals surface area contributed by atoms with E-state index in [0.717, 1.165) is 0 Å². The molecule has 0 aliphatic carbocycles. The third kappa shape index (κ3) is 3.50. The van der Waals surface area contributed by atoms with Gasteiger partial charge in [0.2, 0.25) is 0 Å². The summed E-state index contributed by atoms with van der Waals surface area (Å²) >= 11 is 0. The summed E-state index contributed by atoms with van der Waals surface area (Å²) in [4.78, 5) is 0.0253. The maximum Gasteiger partial charge on any atom is 0.297 e. The highest BCUT2D eigenvalue weighted by molar-refractivity contribution is 7.86. The van der Waals surface area contributed by atoms with E-state index in [1.165, 1.54) is 31.2 Å². The normalized spacial score (nSPS) is 13.7. The van der Waals surface area contributed by atoms with Gasteiger partial charge < -0.3 is 10.8 Å². The molecule has 0 aliphatic heterocycles. The molecular weight excluding hydrogens is 218 g/mol. The number of hydrogen-bond acceptors (Lipinski definition) is 5. The predicted molar refractivity (Wildman–Crippen MR) is 55.7 cm³/mol. The van der Waals surface area contributed by atoms with Crippen molar-refractivity contribution < 1.29 is 17.7 Å². The van der Waals surface area contributed by atoms with Crippen molar-refractivity contribution in [3.05, 3.63) is 24.3 Å². The van der Waals surface area contributed by atoms with Crippen LogP contribution >= 0.6 is 0 Å². The Labute approximate surface area is 88.6 Å². The highest BCUT2D eigenvalue weighted by Gasteiger charge is 2.15. The van der Waals surface area contributed by atoms with Crippen LogP contribution in [0.4, 0.5) is 5.69 Å². The smallest absolute Gasteiger partial charge is 0.297 e. The Kier molecular flexibility index (Phi) is 3.67. The molecule has 0 fully saturated rings. The van der Waals surface area contributed by atoms with Crippen molar-refractivity contribution in [3.63, 3.8) is 0 Å². The zero-order chi connectivity index (χ0) is 11.5. The first-order valence-corrected chi connectivity index (χ1v) is 5.75. The van der Waals surface area contributed by atoms with E-state index in [2.05, 4.69) is 4.18 Å². The van der Waals surface area contributed by atoms with Crippen molar-refractivity contribution >= 4 is 15.8 Å². The number of anilines is 1. The largest absolute Gasteiger partial charge is 0.399 e. The molecule has 0 saturated carbocycles. The maximum absolute atomic E-state index is 11.5. The van der Waals surface area contributed by atoms with Crippen LogP contribution in [-0.2, 0) is 14.3 Å². The van der Waals surface area contributed by atoms with Gasteiger partial charge in [0.05, 0.1) is 17.6 Å². The molecule has 0 radical (unpaired) electrons. The minimum Gasteiger partial charge on any atom is -0.399 e. The quantitative estimate of drug-likeness (QED) is 0.576. The van der Waals surface area contributed by atoms with Gasteiger partial charge in [-0.25, -0.2) is 0 Å². The Balaban J connectivity index is 2.82. The highest BCUT2D eigenvalue weighted by Crippen LogP contribution is 2.14. The molecule has 0 aromatic heterocycles. The van der Waals surface area contributed by atoms with Gasteiger partial charge in [-0.05, 0) is 31.2 Å². The van der Waals surface area contributed by atoms with Gasteiger partial charge in [-0.15, -0.1) is 0 Å². The molecule has 84 valence electrons. The molecule has 6 heteroatoms. The van der Waals surface area contributed by atoms with Crippen LogP contribution in [0.15, 0.2) is 29.2 Å². The fourth-order valence-electron chi connectivity index (χ4n) is 0.891. The second kappa shape index (κ2) is 4.61. The molecule has 3 N–H and O–H groups in total. The van der Waals surface area contributed by atoms with E-state index in [-0.39, 0.29) is 11.5 Å². The lowest BCUT2D eigenvalue weighted by atomic mass is 10.3. The molecule has 15 heavy (non-hydrogen) atoms. The number of benzene rings is 1. The van der Waals surface area contributed by atoms with Crippen molar-refractivity contribution in [2.24, 2.45) is 0 Å². The fraction of sp³-hybridized carbons (Fsp3) is 0.333. The van der Waals surface area contributed by atoms with Crippen molar-refractivity contribution in [1.29, 1.82) is 0 Å². The second-order valence-corrected chi connectivity index (χ2v) is 4.77. The molecule has 1 unspecified atom stereocenters. The summed E-state index contributed by atoms with van der Waals surface area (Å²) in [6.45, 7) is 1.19. The predicted octanol–water partition coefficient (Wildman–Crippen LogP) is 0.355. The Bertz CT molecular complexity index is 410. The lowest BCUT2D eigenvalue weighted by Crippen LogP contribution is -2.15. The molecule has 1 rings (SSSR count). The molecule has 0 aliphatic rings. The number of nitrogens with two attached hydrogens (primary N) is 1. The SMILES string of the molecule is CC(O)COS(=O)(=O)c1ccc(N)cc1. The molecule has 0 saturated heterocycles. The Hall–Kier alpha value is -1.11. The number of aliphatic hydroxyl groups is 1. The number of nitrogen functional groups attached to an aromatic ring is 1. The summed E-state index contributed by atoms with van der Waals surface area (Å²) < 4.78 is 27.5. The van der Waals surface area contributed by atoms with Crippen LogP contribution in [0.3, 0.4) is 0 Å². The molecule has 1 atom stereocenters. The van der Waals surface area contributed by atoms with Gasteiger partial charge in [-0.3, -0.25) is 4.18 Å². The van der Waals surface area contributed by atoms with E-state index in [1.807, 2.05) is 0 Å². The highest BCUT2D eigenvalue weighted by atomic mass is 32.2. The van der Waals surface area contributed by atoms with Crippen molar-refractivity contribution in [2.75, 3.05) is 12.3 Å². The Morgan fingerprint density at radius 1 is 1.40 bits per heavy atom. The Morgan fingerprint density at radius 2 is 1.93 bits per heavy atom. The van der Waals surface area contributed by atoms with E-state index in [4.69, 9.17) is 10.8 Å². The van der Waals surface area contributed by atoms with E-state index in [1.54, 1.807) is 0 Å². The number of aliphatic hydroxyl groups excluding tert-OH is 1. The summed E-state index contributed by atoms with van der Waals surface area (Å²) in [6, 6.07) is 5.65. The zero-order valence-electron chi connectivity index (χ0n) is 8.25. The molecule has 1 aromatic carbocycles. The monoisotopic (exact) mass is 231 g/mol. The van der Waals surface area contributed by atoms with Gasteiger partial charge in [-0.2, -0.15) is 8.42 Å². The lowest BCUT2D eigenvalue weighted by Gasteiger charge is -2.07. The van der Waals surface area contributed by atoms with Crippen LogP contribution < -0.4 is 5.73 Å². The average Bonchev–Trinajstić information content (AvgIpc) is 2.16. The first-order chi connectivity index (χ1) is 6.92. The van der Waals surface area contributed by atoms with Gasteiger partial charge in [-0.1, -0.05) is 0 Å². The summed E-state index contributed by atoms with van der Waals surface area (Å²) in [6.07, 6.45) is -0.825. The summed E-state index contributed by atoms with van der Waals surface area (Å²) in [5, 5.41) is 8.90. The van der Waals surface area contributed by atoms with Gasteiger partial charge in [0, 0.05) is 5.69 Å². The molecule has 0 spiro atoms. The average molecular weight is 231 g/mol. The number of rotatable bonds is 4. The van der Waals surface area contributed by atoms with Gasteiger partial charge in [0.1, 0.15) is 0 Å². The molecule has 0 amide bonds. The first-order valence-electron chi connectivity index (χ1n) is 4.35. The molecule has 0 heterocycles. The van der Waals surface area contributed by atoms with Crippen molar-refractivity contribution in [3.8, 4) is 0 Å². The Morgan fingerprint density at radius 3 is 2.40 bits per heavy atom. The first kappa shape index (κ1) is 12.0. The van der Waals surface area contributed by atoms with Gasteiger partial charge >= 0.3 is 0 Å². The van der Waals surface area contributed by atoms with Crippen LogP contribution in [-0.4, -0.2) is 26.2 Å². The third-order valence-corrected chi connectivity index (χ3v) is 2.93. The second-order valence-electron chi connectivity index (χ2n) is 3.16.